The fourth-order valence-corrected chi connectivity index (χ4v) is 2.85. The summed E-state index contributed by atoms with van der Waals surface area (Å²) in [6, 6.07) is 1.43. The summed E-state index contributed by atoms with van der Waals surface area (Å²) in [6.07, 6.45) is 2.68. The summed E-state index contributed by atoms with van der Waals surface area (Å²) in [5, 5.41) is 0.154. The van der Waals surface area contributed by atoms with Crippen LogP contribution in [0.5, 0.6) is 0 Å². The molecule has 1 aromatic heterocycles. The van der Waals surface area contributed by atoms with Crippen LogP contribution in [0, 0.1) is 5.82 Å². The number of rotatable bonds is 4. The minimum atomic E-state index is -0.659. The zero-order valence-electron chi connectivity index (χ0n) is 14.4. The standard InChI is InChI=1S/C16H20BClFNO3S/c1-10(21)24-9-12(6-11-7-14(18)20-8-13(11)19)17-22-15(2,3)16(4,5)23-17/h6-8H,9H2,1-5H3. The smallest absolute Gasteiger partial charge is 0.400 e. The van der Waals surface area contributed by atoms with Crippen molar-refractivity contribution in [1.82, 2.24) is 4.98 Å². The van der Waals surface area contributed by atoms with Gasteiger partial charge in [-0.3, -0.25) is 4.79 Å². The lowest BCUT2D eigenvalue weighted by Gasteiger charge is -2.32. The van der Waals surface area contributed by atoms with Crippen LogP contribution in [0.15, 0.2) is 17.7 Å². The van der Waals surface area contributed by atoms with E-state index in [0.717, 1.165) is 18.0 Å². The highest BCUT2D eigenvalue weighted by Gasteiger charge is 2.52. The summed E-state index contributed by atoms with van der Waals surface area (Å²) in [7, 11) is -0.659. The lowest BCUT2D eigenvalue weighted by Crippen LogP contribution is -2.41. The van der Waals surface area contributed by atoms with E-state index in [9.17, 15) is 9.18 Å². The molecule has 0 unspecified atom stereocenters. The fourth-order valence-electron chi connectivity index (χ4n) is 2.09. The van der Waals surface area contributed by atoms with Crippen molar-refractivity contribution in [2.45, 2.75) is 45.8 Å². The Morgan fingerprint density at radius 2 is 1.96 bits per heavy atom. The first-order valence-corrected chi connectivity index (χ1v) is 8.89. The number of thioether (sulfide) groups is 1. The zero-order chi connectivity index (χ0) is 18.1. The molecule has 24 heavy (non-hydrogen) atoms. The topological polar surface area (TPSA) is 48.4 Å². The first-order valence-electron chi connectivity index (χ1n) is 7.52. The largest absolute Gasteiger partial charge is 0.491 e. The maximum atomic E-state index is 14.0. The second-order valence-corrected chi connectivity index (χ2v) is 8.16. The first-order chi connectivity index (χ1) is 11.0. The van der Waals surface area contributed by atoms with Gasteiger partial charge in [0.2, 0.25) is 0 Å². The molecule has 0 radical (unpaired) electrons. The van der Waals surface area contributed by atoms with E-state index in [4.69, 9.17) is 20.9 Å². The molecule has 0 aromatic carbocycles. The molecule has 1 saturated heterocycles. The Kier molecular flexibility index (Phi) is 5.80. The van der Waals surface area contributed by atoms with Crippen LogP contribution in [-0.4, -0.2) is 34.2 Å². The van der Waals surface area contributed by atoms with Gasteiger partial charge in [-0.1, -0.05) is 29.4 Å². The lowest BCUT2D eigenvalue weighted by molar-refractivity contribution is -0.109. The number of pyridine rings is 1. The summed E-state index contributed by atoms with van der Waals surface area (Å²) in [6.45, 7) is 9.23. The van der Waals surface area contributed by atoms with Gasteiger partial charge in [-0.05, 0) is 39.2 Å². The number of carbonyl (C=O) groups excluding carboxylic acids is 1. The van der Waals surface area contributed by atoms with Gasteiger partial charge in [0.15, 0.2) is 5.12 Å². The van der Waals surface area contributed by atoms with Gasteiger partial charge in [-0.15, -0.1) is 0 Å². The van der Waals surface area contributed by atoms with Crippen molar-refractivity contribution in [3.8, 4) is 0 Å². The van der Waals surface area contributed by atoms with Gasteiger partial charge in [0.1, 0.15) is 11.0 Å². The first kappa shape index (κ1) is 19.4. The Morgan fingerprint density at radius 3 is 2.50 bits per heavy atom. The molecule has 4 nitrogen and oxygen atoms in total. The second-order valence-electron chi connectivity index (χ2n) is 6.62. The molecule has 0 amide bonds. The van der Waals surface area contributed by atoms with E-state index in [-0.39, 0.29) is 15.8 Å². The molecule has 130 valence electrons. The Morgan fingerprint density at radius 1 is 1.38 bits per heavy atom. The zero-order valence-corrected chi connectivity index (χ0v) is 15.9. The molecule has 2 heterocycles. The summed E-state index contributed by atoms with van der Waals surface area (Å²) in [5.74, 6) is -0.160. The number of hydrogen-bond acceptors (Lipinski definition) is 5. The Hall–Kier alpha value is -0.885. The Labute approximate surface area is 151 Å². The molecule has 2 rings (SSSR count). The van der Waals surface area contributed by atoms with Crippen LogP contribution >= 0.6 is 23.4 Å². The van der Waals surface area contributed by atoms with Gasteiger partial charge in [-0.25, -0.2) is 9.37 Å². The number of halogens is 2. The minimum absolute atomic E-state index is 0.0364. The van der Waals surface area contributed by atoms with E-state index in [2.05, 4.69) is 4.98 Å². The molecule has 1 aliphatic rings. The third kappa shape index (κ3) is 4.39. The average molecular weight is 372 g/mol. The molecular formula is C16H20BClFNO3S. The van der Waals surface area contributed by atoms with Crippen LogP contribution in [0.1, 0.15) is 40.2 Å². The highest BCUT2D eigenvalue weighted by Crippen LogP contribution is 2.39. The van der Waals surface area contributed by atoms with E-state index < -0.39 is 24.1 Å². The third-order valence-corrected chi connectivity index (χ3v) is 5.28. The summed E-state index contributed by atoms with van der Waals surface area (Å²) < 4.78 is 26.0. The molecule has 1 aliphatic heterocycles. The molecular weight excluding hydrogens is 352 g/mol. The average Bonchev–Trinajstić information content (AvgIpc) is 2.66. The quantitative estimate of drug-likeness (QED) is 0.587. The summed E-state index contributed by atoms with van der Waals surface area (Å²) in [4.78, 5) is 15.0. The maximum Gasteiger partial charge on any atom is 0.491 e. The van der Waals surface area contributed by atoms with Crippen molar-refractivity contribution >= 4 is 41.7 Å². The van der Waals surface area contributed by atoms with Crippen LogP contribution in [0.25, 0.3) is 6.08 Å². The number of nitrogens with zero attached hydrogens (tertiary/aromatic N) is 1. The van der Waals surface area contributed by atoms with Gasteiger partial charge >= 0.3 is 7.12 Å². The van der Waals surface area contributed by atoms with Crippen molar-refractivity contribution in [2.24, 2.45) is 0 Å². The summed E-state index contributed by atoms with van der Waals surface area (Å²) in [5.41, 5.74) is -0.100. The van der Waals surface area contributed by atoms with E-state index >= 15 is 0 Å². The predicted octanol–water partition coefficient (Wildman–Crippen LogP) is 4.17. The molecule has 0 bridgehead atoms. The molecule has 1 aromatic rings. The van der Waals surface area contributed by atoms with E-state index in [0.29, 0.717) is 11.2 Å². The van der Waals surface area contributed by atoms with E-state index in [1.807, 2.05) is 27.7 Å². The van der Waals surface area contributed by atoms with Gasteiger partial charge in [0.05, 0.1) is 17.4 Å². The van der Waals surface area contributed by atoms with Crippen molar-refractivity contribution < 1.29 is 18.5 Å². The second kappa shape index (κ2) is 7.16. The van der Waals surface area contributed by atoms with Gasteiger partial charge in [0, 0.05) is 18.2 Å². The lowest BCUT2D eigenvalue weighted by atomic mass is 9.78. The highest BCUT2D eigenvalue weighted by atomic mass is 35.5. The number of carbonyl (C=O) groups is 1. The van der Waals surface area contributed by atoms with Gasteiger partial charge in [0.25, 0.3) is 0 Å². The molecule has 0 aliphatic carbocycles. The molecule has 8 heteroatoms. The Balaban J connectivity index is 2.37. The third-order valence-electron chi connectivity index (χ3n) is 4.19. The van der Waals surface area contributed by atoms with Crippen molar-refractivity contribution in [3.05, 3.63) is 34.3 Å². The molecule has 1 fully saturated rings. The van der Waals surface area contributed by atoms with Crippen LogP contribution in [0.4, 0.5) is 4.39 Å². The molecule has 0 saturated carbocycles. The Bertz CT molecular complexity index is 665. The highest BCUT2D eigenvalue weighted by molar-refractivity contribution is 8.13. The predicted molar refractivity (Wildman–Crippen MR) is 96.4 cm³/mol. The van der Waals surface area contributed by atoms with Gasteiger partial charge in [-0.2, -0.15) is 0 Å². The number of hydrogen-bond donors (Lipinski definition) is 0. The van der Waals surface area contributed by atoms with Crippen LogP contribution < -0.4 is 0 Å². The SMILES string of the molecule is CC(=O)SCC(=Cc1cc(Cl)ncc1F)B1OC(C)(C)C(C)(C)O1. The number of aromatic nitrogens is 1. The van der Waals surface area contributed by atoms with Crippen LogP contribution in [0.3, 0.4) is 0 Å². The van der Waals surface area contributed by atoms with E-state index in [1.54, 1.807) is 6.08 Å². The minimum Gasteiger partial charge on any atom is -0.400 e. The molecule has 0 N–H and O–H groups in total. The fraction of sp³-hybridized carbons (Fsp3) is 0.500. The molecule has 0 atom stereocenters. The summed E-state index contributed by atoms with van der Waals surface area (Å²) >= 11 is 6.97. The van der Waals surface area contributed by atoms with Crippen molar-refractivity contribution in [1.29, 1.82) is 0 Å². The maximum absolute atomic E-state index is 14.0. The monoisotopic (exact) mass is 371 g/mol. The van der Waals surface area contributed by atoms with Crippen molar-refractivity contribution in [2.75, 3.05) is 5.75 Å². The van der Waals surface area contributed by atoms with Crippen molar-refractivity contribution in [3.63, 3.8) is 0 Å². The normalized spacial score (nSPS) is 19.6. The van der Waals surface area contributed by atoms with Crippen LogP contribution in [-0.2, 0) is 14.1 Å². The van der Waals surface area contributed by atoms with E-state index in [1.165, 1.54) is 13.0 Å². The molecule has 0 spiro atoms. The van der Waals surface area contributed by atoms with Crippen LogP contribution in [0.2, 0.25) is 5.15 Å². The van der Waals surface area contributed by atoms with Gasteiger partial charge < -0.3 is 9.31 Å².